The third-order valence-electron chi connectivity index (χ3n) is 7.82. The zero-order chi connectivity index (χ0) is 27.3. The van der Waals surface area contributed by atoms with E-state index in [1.165, 1.54) is 23.8 Å². The van der Waals surface area contributed by atoms with Gasteiger partial charge in [0.1, 0.15) is 11.6 Å². The summed E-state index contributed by atoms with van der Waals surface area (Å²) in [4.78, 5) is 13.4. The molecule has 0 amide bonds. The van der Waals surface area contributed by atoms with Crippen molar-refractivity contribution in [2.45, 2.75) is 92.2 Å². The van der Waals surface area contributed by atoms with Crippen LogP contribution in [0.25, 0.3) is 11.6 Å². The molecule has 1 aromatic carbocycles. The van der Waals surface area contributed by atoms with Gasteiger partial charge in [0, 0.05) is 16.9 Å². The van der Waals surface area contributed by atoms with Crippen LogP contribution in [0.1, 0.15) is 97.1 Å². The van der Waals surface area contributed by atoms with Crippen molar-refractivity contribution in [1.82, 2.24) is 0 Å². The van der Waals surface area contributed by atoms with Crippen LogP contribution in [-0.4, -0.2) is 12.0 Å². The van der Waals surface area contributed by atoms with Gasteiger partial charge in [0.25, 0.3) is 0 Å². The van der Waals surface area contributed by atoms with Crippen molar-refractivity contribution in [2.75, 3.05) is 0 Å². The zero-order valence-corrected chi connectivity index (χ0v) is 23.0. The van der Waals surface area contributed by atoms with Crippen LogP contribution in [0, 0.1) is 23.0 Å². The molecule has 0 N–H and O–H groups in total. The maximum absolute atomic E-state index is 14.9. The molecule has 0 fully saturated rings. The first-order chi connectivity index (χ1) is 17.5. The molecule has 1 aromatic rings. The van der Waals surface area contributed by atoms with Gasteiger partial charge >= 0.3 is 0 Å². The third-order valence-corrected chi connectivity index (χ3v) is 7.82. The topological polar surface area (TPSA) is 17.1 Å². The number of carbonyl (C=O) groups is 1. The van der Waals surface area contributed by atoms with E-state index < -0.39 is 23.7 Å². The van der Waals surface area contributed by atoms with Crippen molar-refractivity contribution in [2.24, 2.45) is 11.3 Å². The second kappa shape index (κ2) is 12.3. The van der Waals surface area contributed by atoms with E-state index in [2.05, 4.69) is 38.7 Å². The molecule has 0 aromatic heterocycles. The van der Waals surface area contributed by atoms with Crippen LogP contribution < -0.4 is 0 Å². The fraction of sp³-hybridized carbons (Fsp3) is 0.485. The highest BCUT2D eigenvalue weighted by Crippen LogP contribution is 2.47. The number of hydrogen-bond donors (Lipinski definition) is 0. The number of Topliss-reactive ketones (excluding diaryl/α,β-unsaturated/α-hetero) is 1. The lowest BCUT2D eigenvalue weighted by molar-refractivity contribution is -0.117. The normalized spacial score (nSPS) is 23.3. The van der Waals surface area contributed by atoms with Crippen LogP contribution in [-0.2, 0) is 4.79 Å². The van der Waals surface area contributed by atoms with Crippen LogP contribution in [0.15, 0.2) is 59.2 Å². The van der Waals surface area contributed by atoms with Crippen molar-refractivity contribution >= 4 is 17.4 Å². The van der Waals surface area contributed by atoms with Gasteiger partial charge < -0.3 is 0 Å². The molecule has 0 bridgehead atoms. The summed E-state index contributed by atoms with van der Waals surface area (Å²) in [7, 11) is 0. The number of allylic oxidation sites excluding steroid dienone is 8. The summed E-state index contributed by atoms with van der Waals surface area (Å²) < 4.78 is 43.0. The van der Waals surface area contributed by atoms with Crippen LogP contribution >= 0.6 is 0 Å². The molecular formula is C33H41F3O. The van der Waals surface area contributed by atoms with Gasteiger partial charge in [0.2, 0.25) is 0 Å². The average molecular weight is 511 g/mol. The number of halogens is 3. The van der Waals surface area contributed by atoms with E-state index in [0.29, 0.717) is 36.0 Å². The van der Waals surface area contributed by atoms with Crippen LogP contribution in [0.2, 0.25) is 0 Å². The van der Waals surface area contributed by atoms with Crippen molar-refractivity contribution < 1.29 is 18.0 Å². The Balaban J connectivity index is 1.84. The highest BCUT2D eigenvalue weighted by Gasteiger charge is 2.39. The first-order valence-corrected chi connectivity index (χ1v) is 13.6. The van der Waals surface area contributed by atoms with Gasteiger partial charge in [-0.2, -0.15) is 0 Å². The molecule has 1 nitrogen and oxygen atoms in total. The summed E-state index contributed by atoms with van der Waals surface area (Å²) >= 11 is 0. The molecule has 37 heavy (non-hydrogen) atoms. The second-order valence-corrected chi connectivity index (χ2v) is 11.1. The Morgan fingerprint density at radius 3 is 2.46 bits per heavy atom. The van der Waals surface area contributed by atoms with E-state index >= 15 is 0 Å². The maximum Gasteiger partial charge on any atom is 0.166 e. The minimum atomic E-state index is -0.763. The lowest BCUT2D eigenvalue weighted by Crippen LogP contribution is -2.23. The lowest BCUT2D eigenvalue weighted by atomic mass is 9.72. The molecule has 0 saturated heterocycles. The fourth-order valence-electron chi connectivity index (χ4n) is 5.79. The van der Waals surface area contributed by atoms with Crippen LogP contribution in [0.4, 0.5) is 13.2 Å². The van der Waals surface area contributed by atoms with E-state index in [-0.39, 0.29) is 16.8 Å². The molecule has 0 radical (unpaired) electrons. The Bertz CT molecular complexity index is 1140. The summed E-state index contributed by atoms with van der Waals surface area (Å²) in [5.74, 6) is -1.78. The number of unbranched alkanes of at least 4 members (excludes halogenated alkanes) is 1. The molecule has 0 saturated carbocycles. The van der Waals surface area contributed by atoms with Crippen molar-refractivity contribution in [3.63, 3.8) is 0 Å². The summed E-state index contributed by atoms with van der Waals surface area (Å²) in [6.45, 7) is 13.2. The molecule has 4 heteroatoms. The Morgan fingerprint density at radius 1 is 1.19 bits per heavy atom. The van der Waals surface area contributed by atoms with Crippen LogP contribution in [0.3, 0.4) is 0 Å². The highest BCUT2D eigenvalue weighted by atomic mass is 19.1. The fourth-order valence-corrected chi connectivity index (χ4v) is 5.79. The average Bonchev–Trinajstić information content (AvgIpc) is 3.12. The molecule has 2 aliphatic rings. The van der Waals surface area contributed by atoms with E-state index in [9.17, 15) is 18.0 Å². The Labute approximate surface area is 220 Å². The number of hydrogen-bond acceptors (Lipinski definition) is 1. The quantitative estimate of drug-likeness (QED) is 0.214. The minimum Gasteiger partial charge on any atom is -0.294 e. The Hall–Kier alpha value is -2.62. The van der Waals surface area contributed by atoms with Gasteiger partial charge in [0.05, 0.1) is 6.17 Å². The van der Waals surface area contributed by atoms with Gasteiger partial charge in [0.15, 0.2) is 5.78 Å². The summed E-state index contributed by atoms with van der Waals surface area (Å²) in [6.07, 6.45) is 13.7. The van der Waals surface area contributed by atoms with Gasteiger partial charge in [-0.25, -0.2) is 13.2 Å². The van der Waals surface area contributed by atoms with E-state index in [1.807, 2.05) is 6.92 Å². The second-order valence-electron chi connectivity index (χ2n) is 11.1. The van der Waals surface area contributed by atoms with E-state index in [0.717, 1.165) is 43.3 Å². The molecule has 2 aliphatic carbocycles. The maximum atomic E-state index is 14.9. The monoisotopic (exact) mass is 510 g/mol. The molecule has 0 heterocycles. The molecule has 0 aliphatic heterocycles. The standard InChI is InChI=1S/C33H41F3O/c1-7-11-25(13-10-9-12-22(4)34)19-33(6)15-14-21(3)28(20-33)27-18-26(23(5)32(27)37)31-29(35)16-24(8-2)17-30(31)36/h8,14-17,19,22,27H,2,7,9-13,18,20H2,1,3-6H3. The summed E-state index contributed by atoms with van der Waals surface area (Å²) in [5.41, 5.74) is 4.40. The zero-order valence-electron chi connectivity index (χ0n) is 23.0. The molecule has 200 valence electrons. The Morgan fingerprint density at radius 2 is 1.86 bits per heavy atom. The minimum absolute atomic E-state index is 0.0494. The smallest absolute Gasteiger partial charge is 0.166 e. The molecule has 0 spiro atoms. The van der Waals surface area contributed by atoms with Crippen molar-refractivity contribution in [3.8, 4) is 0 Å². The molecule has 3 rings (SSSR count). The van der Waals surface area contributed by atoms with Crippen molar-refractivity contribution in [1.29, 1.82) is 0 Å². The van der Waals surface area contributed by atoms with Gasteiger partial charge in [-0.3, -0.25) is 4.79 Å². The van der Waals surface area contributed by atoms with Crippen LogP contribution in [0.5, 0.6) is 0 Å². The highest BCUT2D eigenvalue weighted by molar-refractivity contribution is 6.09. The number of rotatable bonds is 11. The summed E-state index contributed by atoms with van der Waals surface area (Å²) in [6, 6.07) is 2.53. The number of ketones is 1. The molecule has 3 unspecified atom stereocenters. The molecule has 3 atom stereocenters. The summed E-state index contributed by atoms with van der Waals surface area (Å²) in [5, 5.41) is 0. The van der Waals surface area contributed by atoms with E-state index in [1.54, 1.807) is 13.8 Å². The third kappa shape index (κ3) is 6.83. The predicted molar refractivity (Wildman–Crippen MR) is 149 cm³/mol. The number of benzene rings is 1. The Kier molecular flexibility index (Phi) is 9.61. The van der Waals surface area contributed by atoms with Crippen molar-refractivity contribution in [3.05, 3.63) is 82.0 Å². The lowest BCUT2D eigenvalue weighted by Gasteiger charge is -2.32. The first-order valence-electron chi connectivity index (χ1n) is 13.6. The molecular weight excluding hydrogens is 469 g/mol. The SMILES string of the molecule is C=Cc1cc(F)c(C2=C(C)C(=O)C(C3=C(C)C=CC(C)(C=C(CCC)CCCCC(C)F)C3)C2)c(F)c1. The van der Waals surface area contributed by atoms with Gasteiger partial charge in [-0.1, -0.05) is 74.3 Å². The van der Waals surface area contributed by atoms with Gasteiger partial charge in [-0.15, -0.1) is 0 Å². The number of carbonyl (C=O) groups excluding carboxylic acids is 1. The first kappa shape index (κ1) is 28.9. The number of alkyl halides is 1. The van der Waals surface area contributed by atoms with E-state index in [4.69, 9.17) is 0 Å². The largest absolute Gasteiger partial charge is 0.294 e. The predicted octanol–water partition coefficient (Wildman–Crippen LogP) is 9.90. The van der Waals surface area contributed by atoms with Gasteiger partial charge in [-0.05, 0) is 88.1 Å².